The van der Waals surface area contributed by atoms with Crippen LogP contribution >= 0.6 is 0 Å². The van der Waals surface area contributed by atoms with Gasteiger partial charge >= 0.3 is 0 Å². The zero-order valence-corrected chi connectivity index (χ0v) is 8.56. The van der Waals surface area contributed by atoms with Crippen LogP contribution in [-0.2, 0) is 0 Å². The standard InChI is InChI=1S/C9H13N5O2/c10-8-3-1-2-6(13-8)9(16)7(15)4-5-12-14-11/h1-3,7,9,15-16H,4-5H2,(H2,10,13). The van der Waals surface area contributed by atoms with Gasteiger partial charge in [0.15, 0.2) is 0 Å². The predicted octanol–water partition coefficient (Wildman–Crippen LogP) is 0.758. The molecule has 0 radical (unpaired) electrons. The summed E-state index contributed by atoms with van der Waals surface area (Å²) >= 11 is 0. The average Bonchev–Trinajstić information content (AvgIpc) is 2.28. The Balaban J connectivity index is 2.62. The smallest absolute Gasteiger partial charge is 0.123 e. The molecule has 0 aliphatic carbocycles. The summed E-state index contributed by atoms with van der Waals surface area (Å²) in [6.45, 7) is 0.122. The summed E-state index contributed by atoms with van der Waals surface area (Å²) in [5.41, 5.74) is 13.8. The van der Waals surface area contributed by atoms with Gasteiger partial charge in [0, 0.05) is 11.5 Å². The predicted molar refractivity (Wildman–Crippen MR) is 58.2 cm³/mol. The van der Waals surface area contributed by atoms with Crippen molar-refractivity contribution in [2.24, 2.45) is 5.11 Å². The number of aliphatic hydroxyl groups is 2. The highest BCUT2D eigenvalue weighted by Gasteiger charge is 2.18. The van der Waals surface area contributed by atoms with Crippen molar-refractivity contribution in [2.75, 3.05) is 12.3 Å². The monoisotopic (exact) mass is 223 g/mol. The Bertz CT molecular complexity index is 391. The molecule has 7 nitrogen and oxygen atoms in total. The van der Waals surface area contributed by atoms with Crippen LogP contribution in [-0.4, -0.2) is 27.8 Å². The molecule has 0 fully saturated rings. The molecule has 86 valence electrons. The van der Waals surface area contributed by atoms with E-state index in [2.05, 4.69) is 15.0 Å². The zero-order valence-electron chi connectivity index (χ0n) is 8.56. The van der Waals surface area contributed by atoms with E-state index in [0.717, 1.165) is 0 Å². The molecule has 4 N–H and O–H groups in total. The molecule has 1 heterocycles. The lowest BCUT2D eigenvalue weighted by molar-refractivity contribution is 0.0126. The van der Waals surface area contributed by atoms with Crippen molar-refractivity contribution >= 4 is 5.82 Å². The molecule has 2 atom stereocenters. The molecule has 0 saturated heterocycles. The van der Waals surface area contributed by atoms with Gasteiger partial charge in [0.2, 0.25) is 0 Å². The van der Waals surface area contributed by atoms with Gasteiger partial charge in [0.1, 0.15) is 11.9 Å². The Labute approximate surface area is 92.2 Å². The molecule has 1 aromatic rings. The minimum absolute atomic E-state index is 0.122. The number of rotatable bonds is 5. The van der Waals surface area contributed by atoms with Crippen LogP contribution in [0.4, 0.5) is 5.82 Å². The first-order valence-electron chi connectivity index (χ1n) is 4.74. The van der Waals surface area contributed by atoms with E-state index in [1.165, 1.54) is 0 Å². The van der Waals surface area contributed by atoms with E-state index in [1.54, 1.807) is 18.2 Å². The first kappa shape index (κ1) is 12.3. The lowest BCUT2D eigenvalue weighted by Crippen LogP contribution is -2.20. The van der Waals surface area contributed by atoms with Gasteiger partial charge in [-0.2, -0.15) is 0 Å². The summed E-state index contributed by atoms with van der Waals surface area (Å²) in [7, 11) is 0. The molecule has 0 saturated carbocycles. The third-order valence-corrected chi connectivity index (χ3v) is 2.05. The minimum atomic E-state index is -1.13. The van der Waals surface area contributed by atoms with Crippen LogP contribution in [0.1, 0.15) is 18.2 Å². The van der Waals surface area contributed by atoms with E-state index >= 15 is 0 Å². The van der Waals surface area contributed by atoms with Crippen LogP contribution in [0.15, 0.2) is 23.3 Å². The van der Waals surface area contributed by atoms with Crippen molar-refractivity contribution in [3.05, 3.63) is 34.3 Å². The Morgan fingerprint density at radius 3 is 2.88 bits per heavy atom. The van der Waals surface area contributed by atoms with Crippen LogP contribution < -0.4 is 5.73 Å². The van der Waals surface area contributed by atoms with Gasteiger partial charge in [0.05, 0.1) is 11.8 Å². The molecular weight excluding hydrogens is 210 g/mol. The second-order valence-electron chi connectivity index (χ2n) is 3.24. The highest BCUT2D eigenvalue weighted by Crippen LogP contribution is 2.17. The fraction of sp³-hybridized carbons (Fsp3) is 0.444. The minimum Gasteiger partial charge on any atom is -0.390 e. The van der Waals surface area contributed by atoms with Gasteiger partial charge in [-0.15, -0.1) is 0 Å². The van der Waals surface area contributed by atoms with Gasteiger partial charge < -0.3 is 15.9 Å². The molecule has 0 aromatic carbocycles. The van der Waals surface area contributed by atoms with E-state index < -0.39 is 12.2 Å². The summed E-state index contributed by atoms with van der Waals surface area (Å²) in [6, 6.07) is 4.79. The van der Waals surface area contributed by atoms with Gasteiger partial charge in [0.25, 0.3) is 0 Å². The SMILES string of the molecule is [N-]=[N+]=NCCC(O)C(O)c1cccc(N)n1. The quantitative estimate of drug-likeness (QED) is 0.386. The number of hydrogen-bond donors (Lipinski definition) is 3. The number of nitrogen functional groups attached to an aromatic ring is 1. The van der Waals surface area contributed by atoms with Crippen LogP contribution in [0.2, 0.25) is 0 Å². The second kappa shape index (κ2) is 5.92. The van der Waals surface area contributed by atoms with E-state index in [-0.39, 0.29) is 18.8 Å². The maximum absolute atomic E-state index is 9.71. The summed E-state index contributed by atoms with van der Waals surface area (Å²) in [5, 5.41) is 22.6. The molecule has 0 aliphatic rings. The average molecular weight is 223 g/mol. The largest absolute Gasteiger partial charge is 0.390 e. The van der Waals surface area contributed by atoms with Gasteiger partial charge in [-0.1, -0.05) is 11.2 Å². The van der Waals surface area contributed by atoms with E-state index in [0.29, 0.717) is 5.69 Å². The number of pyridine rings is 1. The molecule has 1 rings (SSSR count). The third kappa shape index (κ3) is 3.39. The first-order chi connectivity index (χ1) is 7.65. The fourth-order valence-corrected chi connectivity index (χ4v) is 1.22. The Morgan fingerprint density at radius 1 is 1.50 bits per heavy atom. The van der Waals surface area contributed by atoms with Crippen molar-refractivity contribution in [1.82, 2.24) is 4.98 Å². The van der Waals surface area contributed by atoms with Crippen molar-refractivity contribution in [3.63, 3.8) is 0 Å². The third-order valence-electron chi connectivity index (χ3n) is 2.05. The number of azide groups is 1. The molecule has 0 bridgehead atoms. The Kier molecular flexibility index (Phi) is 4.53. The second-order valence-corrected chi connectivity index (χ2v) is 3.24. The van der Waals surface area contributed by atoms with Gasteiger partial charge in [-0.3, -0.25) is 0 Å². The molecule has 2 unspecified atom stereocenters. The van der Waals surface area contributed by atoms with Crippen LogP contribution in [0.5, 0.6) is 0 Å². The fourth-order valence-electron chi connectivity index (χ4n) is 1.22. The summed E-state index contributed by atoms with van der Waals surface area (Å²) in [6.07, 6.45) is -1.99. The van der Waals surface area contributed by atoms with E-state index in [1.807, 2.05) is 0 Å². The normalized spacial score (nSPS) is 13.9. The van der Waals surface area contributed by atoms with Crippen molar-refractivity contribution in [3.8, 4) is 0 Å². The van der Waals surface area contributed by atoms with Crippen molar-refractivity contribution in [1.29, 1.82) is 0 Å². The van der Waals surface area contributed by atoms with E-state index in [4.69, 9.17) is 11.3 Å². The summed E-state index contributed by atoms with van der Waals surface area (Å²) in [5.74, 6) is 0.277. The highest BCUT2D eigenvalue weighted by molar-refractivity contribution is 5.29. The maximum atomic E-state index is 9.71. The Hall–Kier alpha value is -1.82. The molecule has 16 heavy (non-hydrogen) atoms. The number of aliphatic hydroxyl groups excluding tert-OH is 2. The molecule has 0 spiro atoms. The molecular formula is C9H13N5O2. The topological polar surface area (TPSA) is 128 Å². The Morgan fingerprint density at radius 2 is 2.25 bits per heavy atom. The molecule has 0 amide bonds. The molecule has 7 heteroatoms. The zero-order chi connectivity index (χ0) is 12.0. The van der Waals surface area contributed by atoms with E-state index in [9.17, 15) is 10.2 Å². The first-order valence-corrected chi connectivity index (χ1v) is 4.74. The number of nitrogens with two attached hydrogens (primary N) is 1. The van der Waals surface area contributed by atoms with Crippen LogP contribution in [0, 0.1) is 0 Å². The lowest BCUT2D eigenvalue weighted by Gasteiger charge is -2.16. The number of aromatic nitrogens is 1. The number of anilines is 1. The molecule has 0 aliphatic heterocycles. The summed E-state index contributed by atoms with van der Waals surface area (Å²) < 4.78 is 0. The highest BCUT2D eigenvalue weighted by atomic mass is 16.3. The van der Waals surface area contributed by atoms with Crippen molar-refractivity contribution in [2.45, 2.75) is 18.6 Å². The van der Waals surface area contributed by atoms with Crippen molar-refractivity contribution < 1.29 is 10.2 Å². The molecule has 1 aromatic heterocycles. The number of hydrogen-bond acceptors (Lipinski definition) is 5. The van der Waals surface area contributed by atoms with Crippen LogP contribution in [0.25, 0.3) is 10.4 Å². The maximum Gasteiger partial charge on any atom is 0.123 e. The lowest BCUT2D eigenvalue weighted by atomic mass is 10.1. The van der Waals surface area contributed by atoms with Gasteiger partial charge in [-0.25, -0.2) is 4.98 Å². The number of nitrogens with zero attached hydrogens (tertiary/aromatic N) is 4. The van der Waals surface area contributed by atoms with Gasteiger partial charge in [-0.05, 0) is 24.1 Å². The van der Waals surface area contributed by atoms with Crippen LogP contribution in [0.3, 0.4) is 0 Å². The summed E-state index contributed by atoms with van der Waals surface area (Å²) in [4.78, 5) is 6.44.